The second kappa shape index (κ2) is 9.53. The van der Waals surface area contributed by atoms with Crippen molar-refractivity contribution in [2.24, 2.45) is 0 Å². The smallest absolute Gasteiger partial charge is 0.410 e. The first-order valence-electron chi connectivity index (χ1n) is 12.7. The largest absolute Gasteiger partial charge is 0.474 e. The van der Waals surface area contributed by atoms with E-state index in [1.807, 2.05) is 39.0 Å². The van der Waals surface area contributed by atoms with Gasteiger partial charge in [-0.2, -0.15) is 0 Å². The number of hydrogen-bond donors (Lipinski definition) is 0. The first-order chi connectivity index (χ1) is 17.1. The van der Waals surface area contributed by atoms with Gasteiger partial charge < -0.3 is 19.3 Å². The van der Waals surface area contributed by atoms with Gasteiger partial charge in [-0.05, 0) is 63.8 Å². The zero-order valence-electron chi connectivity index (χ0n) is 21.1. The molecular weight excluding hydrogens is 480 g/mol. The normalized spacial score (nSPS) is 19.1. The van der Waals surface area contributed by atoms with Gasteiger partial charge in [0, 0.05) is 44.2 Å². The van der Waals surface area contributed by atoms with Crippen LogP contribution in [0.1, 0.15) is 58.4 Å². The molecule has 0 N–H and O–H groups in total. The molecule has 0 atom stereocenters. The van der Waals surface area contributed by atoms with Gasteiger partial charge in [0.1, 0.15) is 23.9 Å². The lowest BCUT2D eigenvalue weighted by Gasteiger charge is -2.33. The molecule has 1 aromatic carbocycles. The third kappa shape index (κ3) is 5.14. The molecule has 36 heavy (non-hydrogen) atoms. The number of anilines is 2. The van der Waals surface area contributed by atoms with Gasteiger partial charge in [0.15, 0.2) is 9.84 Å². The van der Waals surface area contributed by atoms with Gasteiger partial charge in [0.05, 0.1) is 10.1 Å². The van der Waals surface area contributed by atoms with Crippen molar-refractivity contribution < 1.29 is 22.7 Å². The number of nitrogens with zero attached hydrogens (tertiary/aromatic N) is 4. The summed E-state index contributed by atoms with van der Waals surface area (Å²) in [6.07, 6.45) is 5.82. The Morgan fingerprint density at radius 1 is 1.03 bits per heavy atom. The molecule has 10 heteroatoms. The van der Waals surface area contributed by atoms with Crippen LogP contribution in [0.4, 0.5) is 16.3 Å². The molecule has 1 aliphatic carbocycles. The first-order valence-corrected chi connectivity index (χ1v) is 14.3. The molecule has 0 spiro atoms. The van der Waals surface area contributed by atoms with Gasteiger partial charge in [-0.3, -0.25) is 0 Å². The molecule has 0 bridgehead atoms. The van der Waals surface area contributed by atoms with Crippen LogP contribution >= 0.6 is 0 Å². The maximum atomic E-state index is 12.8. The van der Waals surface area contributed by atoms with E-state index in [2.05, 4.69) is 14.9 Å². The average molecular weight is 515 g/mol. The van der Waals surface area contributed by atoms with E-state index in [0.29, 0.717) is 43.3 Å². The molecule has 1 saturated heterocycles. The molecule has 1 amide bonds. The van der Waals surface area contributed by atoms with E-state index in [-0.39, 0.29) is 17.4 Å². The summed E-state index contributed by atoms with van der Waals surface area (Å²) < 4.78 is 37.3. The summed E-state index contributed by atoms with van der Waals surface area (Å²) in [6.45, 7) is 7.45. The highest BCUT2D eigenvalue weighted by Gasteiger charge is 2.34. The van der Waals surface area contributed by atoms with Crippen molar-refractivity contribution in [3.8, 4) is 5.88 Å². The molecule has 3 heterocycles. The minimum absolute atomic E-state index is 0.0448. The Morgan fingerprint density at radius 3 is 2.44 bits per heavy atom. The maximum absolute atomic E-state index is 12.8. The highest BCUT2D eigenvalue weighted by molar-refractivity contribution is 7.92. The third-order valence-electron chi connectivity index (χ3n) is 7.05. The van der Waals surface area contributed by atoms with E-state index in [9.17, 15) is 13.2 Å². The summed E-state index contributed by atoms with van der Waals surface area (Å²) in [5, 5.41) is -0.231. The summed E-state index contributed by atoms with van der Waals surface area (Å²) >= 11 is 0. The van der Waals surface area contributed by atoms with Crippen molar-refractivity contribution in [2.45, 2.75) is 81.1 Å². The van der Waals surface area contributed by atoms with Crippen molar-refractivity contribution >= 4 is 27.4 Å². The van der Waals surface area contributed by atoms with Crippen molar-refractivity contribution in [3.63, 3.8) is 0 Å². The number of aromatic nitrogens is 2. The Balaban J connectivity index is 1.23. The van der Waals surface area contributed by atoms with Gasteiger partial charge in [0.2, 0.25) is 5.88 Å². The zero-order valence-corrected chi connectivity index (χ0v) is 22.0. The van der Waals surface area contributed by atoms with Crippen LogP contribution in [0.5, 0.6) is 5.88 Å². The highest BCUT2D eigenvalue weighted by Crippen LogP contribution is 2.38. The minimum Gasteiger partial charge on any atom is -0.474 e. The highest BCUT2D eigenvalue weighted by atomic mass is 32.2. The van der Waals surface area contributed by atoms with Gasteiger partial charge in [-0.15, -0.1) is 0 Å². The average Bonchev–Trinajstić information content (AvgIpc) is 3.20. The van der Waals surface area contributed by atoms with E-state index < -0.39 is 15.4 Å². The van der Waals surface area contributed by atoms with Gasteiger partial charge in [-0.25, -0.2) is 23.2 Å². The Kier molecular flexibility index (Phi) is 6.57. The van der Waals surface area contributed by atoms with Crippen LogP contribution < -0.4 is 9.64 Å². The van der Waals surface area contributed by atoms with E-state index in [0.717, 1.165) is 42.8 Å². The number of ether oxygens (including phenoxy) is 2. The molecule has 2 fully saturated rings. The number of sulfone groups is 1. The van der Waals surface area contributed by atoms with Crippen LogP contribution in [0.3, 0.4) is 0 Å². The van der Waals surface area contributed by atoms with Crippen LogP contribution in [-0.4, -0.2) is 66.0 Å². The molecular formula is C26H34N4O5S. The summed E-state index contributed by atoms with van der Waals surface area (Å²) in [4.78, 5) is 25.3. The fourth-order valence-electron chi connectivity index (χ4n) is 4.86. The summed E-state index contributed by atoms with van der Waals surface area (Å²) in [5.74, 6) is 1.22. The van der Waals surface area contributed by atoms with Crippen molar-refractivity contribution in [1.82, 2.24) is 14.9 Å². The molecule has 2 aliphatic heterocycles. The SMILES string of the molecule is CC(C)(C)OC(=O)N1CCC(Oc2cc(N3CCc4cc(S(=O)(=O)C5CCC5)ccc43)ncn2)CC1. The first kappa shape index (κ1) is 24.8. The van der Waals surface area contributed by atoms with Crippen molar-refractivity contribution in [1.29, 1.82) is 0 Å². The lowest BCUT2D eigenvalue weighted by Crippen LogP contribution is -2.44. The Hall–Kier alpha value is -2.88. The van der Waals surface area contributed by atoms with Crippen LogP contribution in [0, 0.1) is 0 Å². The number of hydrogen-bond acceptors (Lipinski definition) is 8. The van der Waals surface area contributed by atoms with E-state index in [1.54, 1.807) is 11.0 Å². The van der Waals surface area contributed by atoms with E-state index in [4.69, 9.17) is 9.47 Å². The Morgan fingerprint density at radius 2 is 1.78 bits per heavy atom. The predicted octanol–water partition coefficient (Wildman–Crippen LogP) is 4.28. The minimum atomic E-state index is -3.24. The van der Waals surface area contributed by atoms with E-state index >= 15 is 0 Å². The Labute approximate surface area is 212 Å². The number of likely N-dealkylation sites (tertiary alicyclic amines) is 1. The predicted molar refractivity (Wildman–Crippen MR) is 135 cm³/mol. The zero-order chi connectivity index (χ0) is 25.5. The molecule has 2 aromatic rings. The summed E-state index contributed by atoms with van der Waals surface area (Å²) in [7, 11) is -3.24. The lowest BCUT2D eigenvalue weighted by atomic mass is 10.00. The molecule has 9 nitrogen and oxygen atoms in total. The number of carbonyl (C=O) groups excluding carboxylic acids is 1. The number of benzene rings is 1. The van der Waals surface area contributed by atoms with Crippen LogP contribution in [0.25, 0.3) is 0 Å². The maximum Gasteiger partial charge on any atom is 0.410 e. The van der Waals surface area contributed by atoms with Crippen molar-refractivity contribution in [2.75, 3.05) is 24.5 Å². The number of piperidine rings is 1. The van der Waals surface area contributed by atoms with Crippen molar-refractivity contribution in [3.05, 3.63) is 36.2 Å². The molecule has 0 radical (unpaired) electrons. The molecule has 1 aromatic heterocycles. The fourth-order valence-corrected chi connectivity index (χ4v) is 6.77. The number of amides is 1. The molecule has 1 saturated carbocycles. The summed E-state index contributed by atoms with van der Waals surface area (Å²) in [6, 6.07) is 7.28. The van der Waals surface area contributed by atoms with Crippen LogP contribution in [0.15, 0.2) is 35.5 Å². The quantitative estimate of drug-likeness (QED) is 0.583. The fraction of sp³-hybridized carbons (Fsp3) is 0.577. The Bertz CT molecular complexity index is 1230. The topological polar surface area (TPSA) is 102 Å². The van der Waals surface area contributed by atoms with Crippen LogP contribution in [0.2, 0.25) is 0 Å². The summed E-state index contributed by atoms with van der Waals surface area (Å²) in [5.41, 5.74) is 1.48. The number of carbonyl (C=O) groups is 1. The number of rotatable bonds is 5. The second-order valence-electron chi connectivity index (χ2n) is 10.8. The number of fused-ring (bicyclic) bond motifs is 1. The van der Waals surface area contributed by atoms with Gasteiger partial charge >= 0.3 is 6.09 Å². The van der Waals surface area contributed by atoms with Crippen LogP contribution in [-0.2, 0) is 21.0 Å². The standard InChI is InChI=1S/C26H34N4O5S/c1-26(2,3)35-25(31)29-12-10-19(11-13-29)34-24-16-23(27-17-28-24)30-14-9-18-15-21(7-8-22(18)30)36(32,33)20-5-4-6-20/h7-8,15-17,19-20H,4-6,9-14H2,1-3H3. The third-order valence-corrected chi connectivity index (χ3v) is 9.31. The van der Waals surface area contributed by atoms with Gasteiger partial charge in [0.25, 0.3) is 0 Å². The molecule has 194 valence electrons. The monoisotopic (exact) mass is 514 g/mol. The molecule has 3 aliphatic rings. The second-order valence-corrected chi connectivity index (χ2v) is 13.0. The molecule has 5 rings (SSSR count). The molecule has 0 unspecified atom stereocenters. The van der Waals surface area contributed by atoms with Gasteiger partial charge in [-0.1, -0.05) is 6.42 Å². The van der Waals surface area contributed by atoms with E-state index in [1.165, 1.54) is 6.33 Å². The lowest BCUT2D eigenvalue weighted by molar-refractivity contribution is 0.0123.